The van der Waals surface area contributed by atoms with Gasteiger partial charge in [-0.25, -0.2) is 14.1 Å². The average Bonchev–Trinajstić information content (AvgIpc) is 2.74. The zero-order valence-corrected chi connectivity index (χ0v) is 8.87. The molecule has 0 aliphatic carbocycles. The highest BCUT2D eigenvalue weighted by Gasteiger charge is 2.10. The van der Waals surface area contributed by atoms with Crippen LogP contribution in [0.1, 0.15) is 12.5 Å². The standard InChI is InChI=1S/C10H9ClFN3/c1-2-7-6-8(12)10(14-9(7)11)15-5-3-4-13-15/h3-6H,2H2,1H3. The van der Waals surface area contributed by atoms with Gasteiger partial charge in [0.2, 0.25) is 0 Å². The molecule has 5 heteroatoms. The number of aryl methyl sites for hydroxylation is 1. The van der Waals surface area contributed by atoms with Gasteiger partial charge in [0.25, 0.3) is 0 Å². The van der Waals surface area contributed by atoms with Crippen LogP contribution in [0.15, 0.2) is 24.5 Å². The number of hydrogen-bond acceptors (Lipinski definition) is 2. The molecule has 0 aliphatic heterocycles. The molecule has 0 radical (unpaired) electrons. The van der Waals surface area contributed by atoms with E-state index in [0.717, 1.165) is 0 Å². The molecule has 2 heterocycles. The summed E-state index contributed by atoms with van der Waals surface area (Å²) in [5.74, 6) is -0.290. The van der Waals surface area contributed by atoms with E-state index in [1.807, 2.05) is 6.92 Å². The van der Waals surface area contributed by atoms with Crippen LogP contribution in [0.25, 0.3) is 5.82 Å². The Labute approximate surface area is 91.5 Å². The number of nitrogens with zero attached hydrogens (tertiary/aromatic N) is 3. The molecule has 0 fully saturated rings. The quantitative estimate of drug-likeness (QED) is 0.736. The Morgan fingerprint density at radius 1 is 1.53 bits per heavy atom. The maximum Gasteiger partial charge on any atom is 0.191 e. The molecule has 0 saturated carbocycles. The molecule has 2 aromatic rings. The summed E-state index contributed by atoms with van der Waals surface area (Å²) >= 11 is 5.90. The fourth-order valence-electron chi connectivity index (χ4n) is 1.30. The smallest absolute Gasteiger partial charge is 0.191 e. The van der Waals surface area contributed by atoms with Crippen LogP contribution in [0.3, 0.4) is 0 Å². The number of hydrogen-bond donors (Lipinski definition) is 0. The first-order valence-electron chi connectivity index (χ1n) is 4.57. The van der Waals surface area contributed by atoms with Crippen molar-refractivity contribution >= 4 is 11.6 Å². The minimum atomic E-state index is -0.417. The van der Waals surface area contributed by atoms with Gasteiger partial charge in [0, 0.05) is 12.4 Å². The van der Waals surface area contributed by atoms with Gasteiger partial charge in [0.1, 0.15) is 5.15 Å². The van der Waals surface area contributed by atoms with Crippen molar-refractivity contribution in [3.8, 4) is 5.82 Å². The fourth-order valence-corrected chi connectivity index (χ4v) is 1.57. The Morgan fingerprint density at radius 2 is 2.33 bits per heavy atom. The van der Waals surface area contributed by atoms with E-state index >= 15 is 0 Å². The van der Waals surface area contributed by atoms with Crippen molar-refractivity contribution in [2.75, 3.05) is 0 Å². The van der Waals surface area contributed by atoms with Crippen molar-refractivity contribution in [1.82, 2.24) is 14.8 Å². The van der Waals surface area contributed by atoms with E-state index in [1.54, 1.807) is 18.5 Å². The van der Waals surface area contributed by atoms with Gasteiger partial charge in [-0.15, -0.1) is 0 Å². The van der Waals surface area contributed by atoms with Crippen LogP contribution in [0, 0.1) is 5.82 Å². The van der Waals surface area contributed by atoms with E-state index in [2.05, 4.69) is 10.1 Å². The van der Waals surface area contributed by atoms with Crippen LogP contribution in [0.5, 0.6) is 0 Å². The lowest BCUT2D eigenvalue weighted by Gasteiger charge is -2.05. The molecular formula is C10H9ClFN3. The van der Waals surface area contributed by atoms with Crippen LogP contribution in [-0.2, 0) is 6.42 Å². The molecule has 0 N–H and O–H groups in total. The van der Waals surface area contributed by atoms with Gasteiger partial charge in [0.15, 0.2) is 11.6 Å². The summed E-state index contributed by atoms with van der Waals surface area (Å²) in [7, 11) is 0. The molecule has 0 amide bonds. The van der Waals surface area contributed by atoms with E-state index in [4.69, 9.17) is 11.6 Å². The van der Waals surface area contributed by atoms with Crippen molar-refractivity contribution in [3.63, 3.8) is 0 Å². The molecule has 0 aliphatic rings. The van der Waals surface area contributed by atoms with Crippen molar-refractivity contribution in [1.29, 1.82) is 0 Å². The van der Waals surface area contributed by atoms with Gasteiger partial charge in [-0.05, 0) is 24.1 Å². The Balaban J connectivity index is 2.55. The van der Waals surface area contributed by atoms with Crippen molar-refractivity contribution in [3.05, 3.63) is 41.1 Å². The van der Waals surface area contributed by atoms with Crippen LogP contribution in [0.4, 0.5) is 4.39 Å². The zero-order chi connectivity index (χ0) is 10.8. The van der Waals surface area contributed by atoms with Crippen molar-refractivity contribution in [2.24, 2.45) is 0 Å². The Hall–Kier alpha value is -1.42. The van der Waals surface area contributed by atoms with Gasteiger partial charge in [-0.3, -0.25) is 0 Å². The van der Waals surface area contributed by atoms with Crippen LogP contribution in [0.2, 0.25) is 5.15 Å². The van der Waals surface area contributed by atoms with Crippen molar-refractivity contribution < 1.29 is 4.39 Å². The third-order valence-electron chi connectivity index (χ3n) is 2.09. The summed E-state index contributed by atoms with van der Waals surface area (Å²) in [4.78, 5) is 3.98. The molecule has 0 unspecified atom stereocenters. The van der Waals surface area contributed by atoms with E-state index in [1.165, 1.54) is 10.7 Å². The number of pyridine rings is 1. The summed E-state index contributed by atoms with van der Waals surface area (Å²) in [6, 6.07) is 3.09. The second-order valence-electron chi connectivity index (χ2n) is 3.05. The number of rotatable bonds is 2. The largest absolute Gasteiger partial charge is 0.220 e. The highest BCUT2D eigenvalue weighted by atomic mass is 35.5. The summed E-state index contributed by atoms with van der Waals surface area (Å²) in [5, 5.41) is 4.22. The minimum Gasteiger partial charge on any atom is -0.220 e. The average molecular weight is 226 g/mol. The predicted octanol–water partition coefficient (Wildman–Crippen LogP) is 2.62. The fraction of sp³-hybridized carbons (Fsp3) is 0.200. The summed E-state index contributed by atoms with van der Waals surface area (Å²) < 4.78 is 14.9. The maximum atomic E-state index is 13.6. The molecule has 0 atom stereocenters. The third kappa shape index (κ3) is 1.85. The summed E-state index contributed by atoms with van der Waals surface area (Å²) in [6.45, 7) is 1.90. The molecule has 0 bridgehead atoms. The number of halogens is 2. The van der Waals surface area contributed by atoms with Gasteiger partial charge >= 0.3 is 0 Å². The lowest BCUT2D eigenvalue weighted by Crippen LogP contribution is -2.03. The molecule has 0 aromatic carbocycles. The van der Waals surface area contributed by atoms with Gasteiger partial charge in [-0.2, -0.15) is 5.10 Å². The first kappa shape index (κ1) is 10.1. The normalized spacial score (nSPS) is 10.6. The zero-order valence-electron chi connectivity index (χ0n) is 8.11. The van der Waals surface area contributed by atoms with Gasteiger partial charge in [0.05, 0.1) is 0 Å². The monoisotopic (exact) mass is 225 g/mol. The van der Waals surface area contributed by atoms with Gasteiger partial charge in [-0.1, -0.05) is 18.5 Å². The lowest BCUT2D eigenvalue weighted by molar-refractivity contribution is 0.598. The molecule has 2 aromatic heterocycles. The third-order valence-corrected chi connectivity index (χ3v) is 2.41. The van der Waals surface area contributed by atoms with Crippen LogP contribution in [-0.4, -0.2) is 14.8 Å². The SMILES string of the molecule is CCc1cc(F)c(-n2cccn2)nc1Cl. The second-order valence-corrected chi connectivity index (χ2v) is 3.41. The first-order chi connectivity index (χ1) is 7.22. The highest BCUT2D eigenvalue weighted by Crippen LogP contribution is 2.19. The van der Waals surface area contributed by atoms with E-state index in [0.29, 0.717) is 17.1 Å². The van der Waals surface area contributed by atoms with E-state index in [9.17, 15) is 4.39 Å². The number of aromatic nitrogens is 3. The molecule has 2 rings (SSSR count). The Morgan fingerprint density at radius 3 is 2.93 bits per heavy atom. The molecule has 0 saturated heterocycles. The van der Waals surface area contributed by atoms with Gasteiger partial charge < -0.3 is 0 Å². The molecule has 3 nitrogen and oxygen atoms in total. The van der Waals surface area contributed by atoms with Crippen LogP contribution >= 0.6 is 11.6 Å². The Bertz CT molecular complexity index is 468. The van der Waals surface area contributed by atoms with Crippen molar-refractivity contribution in [2.45, 2.75) is 13.3 Å². The molecule has 78 valence electrons. The topological polar surface area (TPSA) is 30.7 Å². The highest BCUT2D eigenvalue weighted by molar-refractivity contribution is 6.30. The first-order valence-corrected chi connectivity index (χ1v) is 4.95. The van der Waals surface area contributed by atoms with E-state index < -0.39 is 5.82 Å². The summed E-state index contributed by atoms with van der Waals surface area (Å²) in [6.07, 6.45) is 3.83. The Kier molecular flexibility index (Phi) is 2.68. The molecule has 0 spiro atoms. The lowest BCUT2D eigenvalue weighted by atomic mass is 10.2. The van der Waals surface area contributed by atoms with E-state index in [-0.39, 0.29) is 5.82 Å². The van der Waals surface area contributed by atoms with Crippen LogP contribution < -0.4 is 0 Å². The maximum absolute atomic E-state index is 13.6. The molecule has 15 heavy (non-hydrogen) atoms. The minimum absolute atomic E-state index is 0.127. The molecular weight excluding hydrogens is 217 g/mol. The predicted molar refractivity (Wildman–Crippen MR) is 55.7 cm³/mol. The summed E-state index contributed by atoms with van der Waals surface area (Å²) in [5.41, 5.74) is 0.699. The second kappa shape index (κ2) is 3.98.